The number of rotatable bonds is 5. The third-order valence-corrected chi connectivity index (χ3v) is 4.06. The van der Waals surface area contributed by atoms with Crippen molar-refractivity contribution in [1.29, 1.82) is 0 Å². The van der Waals surface area contributed by atoms with E-state index in [9.17, 15) is 13.2 Å². The number of carbonyl (C=O) groups excluding carboxylic acids is 1. The fourth-order valence-corrected chi connectivity index (χ4v) is 2.47. The van der Waals surface area contributed by atoms with Gasteiger partial charge in [0.1, 0.15) is 0 Å². The third-order valence-electron chi connectivity index (χ3n) is 3.01. The average Bonchev–Trinajstić information content (AvgIpc) is 2.29. The SMILES string of the molecule is CCC(C)CC(=O)Nc1ccc(C)c(S(N)(=O)=O)c1. The highest BCUT2D eigenvalue weighted by molar-refractivity contribution is 7.89. The maximum Gasteiger partial charge on any atom is 0.238 e. The number of nitrogens with two attached hydrogens (primary N) is 1. The van der Waals surface area contributed by atoms with Crippen LogP contribution in [0.25, 0.3) is 0 Å². The summed E-state index contributed by atoms with van der Waals surface area (Å²) >= 11 is 0. The van der Waals surface area contributed by atoms with Crippen LogP contribution < -0.4 is 10.5 Å². The van der Waals surface area contributed by atoms with Crippen LogP contribution >= 0.6 is 0 Å². The van der Waals surface area contributed by atoms with E-state index in [0.717, 1.165) is 6.42 Å². The lowest BCUT2D eigenvalue weighted by Gasteiger charge is -2.11. The first kappa shape index (κ1) is 15.7. The normalized spacial score (nSPS) is 13.1. The number of sulfonamides is 1. The molecule has 0 aliphatic rings. The molecule has 0 aromatic heterocycles. The van der Waals surface area contributed by atoms with E-state index < -0.39 is 10.0 Å². The van der Waals surface area contributed by atoms with Crippen LogP contribution in [0.5, 0.6) is 0 Å². The van der Waals surface area contributed by atoms with Crippen molar-refractivity contribution < 1.29 is 13.2 Å². The minimum absolute atomic E-state index is 0.0360. The fraction of sp³-hybridized carbons (Fsp3) is 0.462. The molecule has 0 aliphatic heterocycles. The minimum atomic E-state index is -3.77. The molecule has 0 radical (unpaired) electrons. The van der Waals surface area contributed by atoms with Gasteiger partial charge in [0.25, 0.3) is 0 Å². The number of nitrogens with one attached hydrogen (secondary N) is 1. The largest absolute Gasteiger partial charge is 0.326 e. The van der Waals surface area contributed by atoms with E-state index in [2.05, 4.69) is 5.32 Å². The second-order valence-electron chi connectivity index (χ2n) is 4.79. The summed E-state index contributed by atoms with van der Waals surface area (Å²) < 4.78 is 22.8. The second kappa shape index (κ2) is 6.16. The van der Waals surface area contributed by atoms with Crippen LogP contribution in [0.4, 0.5) is 5.69 Å². The number of amides is 1. The van der Waals surface area contributed by atoms with Gasteiger partial charge in [0, 0.05) is 12.1 Å². The van der Waals surface area contributed by atoms with Crippen LogP contribution in [0.1, 0.15) is 32.3 Å². The summed E-state index contributed by atoms with van der Waals surface area (Å²) in [6.07, 6.45) is 1.33. The van der Waals surface area contributed by atoms with E-state index in [1.54, 1.807) is 19.1 Å². The molecule has 5 nitrogen and oxygen atoms in total. The maximum atomic E-state index is 11.7. The molecule has 3 N–H and O–H groups in total. The summed E-state index contributed by atoms with van der Waals surface area (Å²) in [4.78, 5) is 11.8. The van der Waals surface area contributed by atoms with Crippen molar-refractivity contribution in [1.82, 2.24) is 0 Å². The molecule has 1 atom stereocenters. The Kier molecular flexibility index (Phi) is 5.08. The van der Waals surface area contributed by atoms with Gasteiger partial charge >= 0.3 is 0 Å². The molecule has 1 unspecified atom stereocenters. The van der Waals surface area contributed by atoms with Gasteiger partial charge in [-0.2, -0.15) is 0 Å². The smallest absolute Gasteiger partial charge is 0.238 e. The summed E-state index contributed by atoms with van der Waals surface area (Å²) in [5.74, 6) is 0.168. The van der Waals surface area contributed by atoms with Gasteiger partial charge in [0.2, 0.25) is 15.9 Å². The summed E-state index contributed by atoms with van der Waals surface area (Å²) in [6, 6.07) is 4.68. The average molecular weight is 284 g/mol. The molecule has 0 saturated heterocycles. The van der Waals surface area contributed by atoms with Gasteiger partial charge < -0.3 is 5.32 Å². The molecule has 0 heterocycles. The highest BCUT2D eigenvalue weighted by Crippen LogP contribution is 2.19. The van der Waals surface area contributed by atoms with E-state index in [1.807, 2.05) is 13.8 Å². The van der Waals surface area contributed by atoms with E-state index in [0.29, 0.717) is 23.6 Å². The van der Waals surface area contributed by atoms with Crippen LogP contribution in [0.2, 0.25) is 0 Å². The van der Waals surface area contributed by atoms with E-state index in [-0.39, 0.29) is 10.8 Å². The van der Waals surface area contributed by atoms with E-state index >= 15 is 0 Å². The molecule has 19 heavy (non-hydrogen) atoms. The maximum absolute atomic E-state index is 11.7. The summed E-state index contributed by atoms with van der Waals surface area (Å²) in [5, 5.41) is 7.81. The topological polar surface area (TPSA) is 89.3 Å². The highest BCUT2D eigenvalue weighted by atomic mass is 32.2. The molecule has 1 aromatic carbocycles. The van der Waals surface area contributed by atoms with E-state index in [1.165, 1.54) is 6.07 Å². The molecule has 1 amide bonds. The van der Waals surface area contributed by atoms with Crippen LogP contribution in [-0.4, -0.2) is 14.3 Å². The molecule has 0 saturated carbocycles. The zero-order valence-corrected chi connectivity index (χ0v) is 12.3. The second-order valence-corrected chi connectivity index (χ2v) is 6.32. The van der Waals surface area contributed by atoms with Gasteiger partial charge in [-0.05, 0) is 30.5 Å². The number of benzene rings is 1. The molecule has 106 valence electrons. The Balaban J connectivity index is 2.89. The Hall–Kier alpha value is -1.40. The predicted octanol–water partition coefficient (Wildman–Crippen LogP) is 2.02. The Morgan fingerprint density at radius 2 is 2.05 bits per heavy atom. The molecule has 0 spiro atoms. The lowest BCUT2D eigenvalue weighted by molar-refractivity contribution is -0.117. The van der Waals surface area contributed by atoms with Crippen LogP contribution in [0.3, 0.4) is 0 Å². The van der Waals surface area contributed by atoms with Crippen molar-refractivity contribution in [2.24, 2.45) is 11.1 Å². The predicted molar refractivity (Wildman–Crippen MR) is 75.3 cm³/mol. The minimum Gasteiger partial charge on any atom is -0.326 e. The Morgan fingerprint density at radius 3 is 2.58 bits per heavy atom. The lowest BCUT2D eigenvalue weighted by atomic mass is 10.1. The molecule has 6 heteroatoms. The van der Waals surface area contributed by atoms with Gasteiger partial charge in [0.15, 0.2) is 0 Å². The Morgan fingerprint density at radius 1 is 1.42 bits per heavy atom. The first-order chi connectivity index (χ1) is 8.74. The zero-order valence-electron chi connectivity index (χ0n) is 11.4. The molecule has 1 aromatic rings. The molecular weight excluding hydrogens is 264 g/mol. The number of anilines is 1. The summed E-state index contributed by atoms with van der Waals surface area (Å²) in [7, 11) is -3.77. The van der Waals surface area contributed by atoms with Crippen molar-refractivity contribution >= 4 is 21.6 Å². The summed E-state index contributed by atoms with van der Waals surface area (Å²) in [5.41, 5.74) is 1.00. The molecule has 0 aliphatic carbocycles. The highest BCUT2D eigenvalue weighted by Gasteiger charge is 2.13. The Bertz CT molecular complexity index is 567. The van der Waals surface area contributed by atoms with Crippen LogP contribution in [0.15, 0.2) is 23.1 Å². The van der Waals surface area contributed by atoms with Crippen molar-refractivity contribution in [3.05, 3.63) is 23.8 Å². The number of primary sulfonamides is 1. The first-order valence-electron chi connectivity index (χ1n) is 6.17. The molecular formula is C13H20N2O3S. The monoisotopic (exact) mass is 284 g/mol. The van der Waals surface area contributed by atoms with Gasteiger partial charge in [-0.3, -0.25) is 4.79 Å². The third kappa shape index (κ3) is 4.65. The molecule has 1 rings (SSSR count). The van der Waals surface area contributed by atoms with Crippen molar-refractivity contribution in [2.75, 3.05) is 5.32 Å². The van der Waals surface area contributed by atoms with Crippen molar-refractivity contribution in [3.63, 3.8) is 0 Å². The molecule has 0 bridgehead atoms. The number of carbonyl (C=O) groups is 1. The van der Waals surface area contributed by atoms with Crippen molar-refractivity contribution in [2.45, 2.75) is 38.5 Å². The number of hydrogen-bond donors (Lipinski definition) is 2. The standard InChI is InChI=1S/C13H20N2O3S/c1-4-9(2)7-13(16)15-11-6-5-10(3)12(8-11)19(14,17)18/h5-6,8-9H,4,7H2,1-3H3,(H,15,16)(H2,14,17,18). The molecule has 0 fully saturated rings. The lowest BCUT2D eigenvalue weighted by Crippen LogP contribution is -2.17. The van der Waals surface area contributed by atoms with E-state index in [4.69, 9.17) is 5.14 Å². The van der Waals surface area contributed by atoms with Crippen molar-refractivity contribution in [3.8, 4) is 0 Å². The Labute approximate surface area is 114 Å². The summed E-state index contributed by atoms with van der Waals surface area (Å²) in [6.45, 7) is 5.66. The van der Waals surface area contributed by atoms with Crippen LogP contribution in [0, 0.1) is 12.8 Å². The first-order valence-corrected chi connectivity index (χ1v) is 7.72. The zero-order chi connectivity index (χ0) is 14.6. The van der Waals surface area contributed by atoms with Gasteiger partial charge in [-0.1, -0.05) is 26.3 Å². The number of hydrogen-bond acceptors (Lipinski definition) is 3. The van der Waals surface area contributed by atoms with Gasteiger partial charge in [-0.25, -0.2) is 13.6 Å². The number of aryl methyl sites for hydroxylation is 1. The van der Waals surface area contributed by atoms with Crippen LogP contribution in [-0.2, 0) is 14.8 Å². The quantitative estimate of drug-likeness (QED) is 0.866. The van der Waals surface area contributed by atoms with Gasteiger partial charge in [0.05, 0.1) is 4.90 Å². The fourth-order valence-electron chi connectivity index (χ4n) is 1.66. The van der Waals surface area contributed by atoms with Gasteiger partial charge in [-0.15, -0.1) is 0 Å².